The van der Waals surface area contributed by atoms with Gasteiger partial charge in [0.25, 0.3) is 0 Å². The lowest BCUT2D eigenvalue weighted by atomic mass is 10.1. The minimum atomic E-state index is -3.36. The molecule has 3 rings (SSSR count). The van der Waals surface area contributed by atoms with Crippen molar-refractivity contribution >= 4 is 27.2 Å². The van der Waals surface area contributed by atoms with E-state index in [1.165, 1.54) is 0 Å². The maximum absolute atomic E-state index is 11.5. The Bertz CT molecular complexity index is 1020. The van der Waals surface area contributed by atoms with Crippen LogP contribution < -0.4 is 9.62 Å². The van der Waals surface area contributed by atoms with Crippen LogP contribution in [0, 0.1) is 0 Å². The number of hydrogen-bond acceptors (Lipinski definition) is 6. The van der Waals surface area contributed by atoms with Gasteiger partial charge in [-0.1, -0.05) is 19.1 Å². The number of anilines is 2. The maximum atomic E-state index is 11.5. The van der Waals surface area contributed by atoms with E-state index in [2.05, 4.69) is 14.8 Å². The van der Waals surface area contributed by atoms with Crippen molar-refractivity contribution < 1.29 is 13.5 Å². The standard InChI is InChI=1S/C17H21N5O3S/c1-3-9-21(12-23)17-8-7-16-18-11-15(22(16)19-17)13-5-4-6-14(10-13)20-26(2,24)25/h4-8,10-11,20,23H,3,9,12H2,1-2H3. The highest BCUT2D eigenvalue weighted by Gasteiger charge is 2.12. The second kappa shape index (κ2) is 7.30. The average Bonchev–Trinajstić information content (AvgIpc) is 3.01. The van der Waals surface area contributed by atoms with Crippen LogP contribution in [-0.2, 0) is 10.0 Å². The zero-order valence-electron chi connectivity index (χ0n) is 14.6. The highest BCUT2D eigenvalue weighted by Crippen LogP contribution is 2.24. The van der Waals surface area contributed by atoms with Gasteiger partial charge in [0.15, 0.2) is 11.5 Å². The summed E-state index contributed by atoms with van der Waals surface area (Å²) < 4.78 is 27.1. The molecule has 1 aromatic carbocycles. The van der Waals surface area contributed by atoms with Crippen molar-refractivity contribution in [2.24, 2.45) is 0 Å². The first-order valence-corrected chi connectivity index (χ1v) is 10.1. The highest BCUT2D eigenvalue weighted by atomic mass is 32.2. The van der Waals surface area contributed by atoms with Gasteiger partial charge in [-0.3, -0.25) is 4.72 Å². The Balaban J connectivity index is 2.04. The maximum Gasteiger partial charge on any atom is 0.229 e. The second-order valence-corrected chi connectivity index (χ2v) is 7.71. The Kier molecular flexibility index (Phi) is 5.10. The number of fused-ring (bicyclic) bond motifs is 1. The summed E-state index contributed by atoms with van der Waals surface area (Å²) in [6.45, 7) is 2.60. The number of nitrogens with one attached hydrogen (secondary N) is 1. The molecular weight excluding hydrogens is 354 g/mol. The number of aliphatic hydroxyl groups excluding tert-OH is 1. The Morgan fingerprint density at radius 2 is 2.08 bits per heavy atom. The molecule has 2 heterocycles. The van der Waals surface area contributed by atoms with Crippen LogP contribution in [0.2, 0.25) is 0 Å². The topological polar surface area (TPSA) is 99.8 Å². The number of aliphatic hydroxyl groups is 1. The fraction of sp³-hybridized carbons (Fsp3) is 0.294. The third kappa shape index (κ3) is 3.94. The number of imidazole rings is 1. The number of hydrogen-bond donors (Lipinski definition) is 2. The van der Waals surface area contributed by atoms with E-state index in [4.69, 9.17) is 0 Å². The normalized spacial score (nSPS) is 11.7. The molecule has 2 aromatic heterocycles. The highest BCUT2D eigenvalue weighted by molar-refractivity contribution is 7.92. The monoisotopic (exact) mass is 375 g/mol. The van der Waals surface area contributed by atoms with Gasteiger partial charge in [0.2, 0.25) is 10.0 Å². The predicted molar refractivity (Wildman–Crippen MR) is 102 cm³/mol. The van der Waals surface area contributed by atoms with Crippen molar-refractivity contribution in [1.29, 1.82) is 0 Å². The van der Waals surface area contributed by atoms with Gasteiger partial charge in [0.05, 0.1) is 18.1 Å². The number of sulfonamides is 1. The molecule has 0 amide bonds. The van der Waals surface area contributed by atoms with Crippen LogP contribution >= 0.6 is 0 Å². The van der Waals surface area contributed by atoms with Gasteiger partial charge >= 0.3 is 0 Å². The lowest BCUT2D eigenvalue weighted by Crippen LogP contribution is -2.26. The molecular formula is C17H21N5O3S. The van der Waals surface area contributed by atoms with E-state index in [9.17, 15) is 13.5 Å². The van der Waals surface area contributed by atoms with Crippen molar-refractivity contribution in [3.05, 3.63) is 42.6 Å². The summed E-state index contributed by atoms with van der Waals surface area (Å²) in [5, 5.41) is 14.1. The van der Waals surface area contributed by atoms with E-state index < -0.39 is 10.0 Å². The van der Waals surface area contributed by atoms with Crippen LogP contribution in [0.15, 0.2) is 42.6 Å². The van der Waals surface area contributed by atoms with Gasteiger partial charge in [0.1, 0.15) is 6.73 Å². The molecule has 0 fully saturated rings. The Morgan fingerprint density at radius 1 is 1.27 bits per heavy atom. The minimum Gasteiger partial charge on any atom is -0.376 e. The number of nitrogens with zero attached hydrogens (tertiary/aromatic N) is 4. The Hall–Kier alpha value is -2.65. The summed E-state index contributed by atoms with van der Waals surface area (Å²) >= 11 is 0. The van der Waals surface area contributed by atoms with Crippen molar-refractivity contribution in [3.8, 4) is 11.3 Å². The van der Waals surface area contributed by atoms with Gasteiger partial charge < -0.3 is 10.0 Å². The third-order valence-corrected chi connectivity index (χ3v) is 4.40. The number of rotatable bonds is 7. The lowest BCUT2D eigenvalue weighted by molar-refractivity contribution is 0.289. The zero-order chi connectivity index (χ0) is 18.7. The first-order valence-electron chi connectivity index (χ1n) is 8.20. The van der Waals surface area contributed by atoms with Crippen LogP contribution in [0.1, 0.15) is 13.3 Å². The van der Waals surface area contributed by atoms with Gasteiger partial charge in [-0.15, -0.1) is 5.10 Å². The first-order chi connectivity index (χ1) is 12.4. The van der Waals surface area contributed by atoms with Gasteiger partial charge in [-0.05, 0) is 30.7 Å². The van der Waals surface area contributed by atoms with Crippen molar-refractivity contribution in [1.82, 2.24) is 14.6 Å². The molecule has 0 saturated carbocycles. The molecule has 0 aliphatic carbocycles. The van der Waals surface area contributed by atoms with Gasteiger partial charge in [-0.2, -0.15) is 0 Å². The van der Waals surface area contributed by atoms with Crippen LogP contribution in [0.5, 0.6) is 0 Å². The second-order valence-electron chi connectivity index (χ2n) is 5.96. The smallest absolute Gasteiger partial charge is 0.229 e. The molecule has 9 heteroatoms. The minimum absolute atomic E-state index is 0.121. The van der Waals surface area contributed by atoms with Gasteiger partial charge in [-0.25, -0.2) is 17.9 Å². The SMILES string of the molecule is CCCN(CO)c1ccc2ncc(-c3cccc(NS(C)(=O)=O)c3)n2n1. The van der Waals surface area contributed by atoms with E-state index >= 15 is 0 Å². The zero-order valence-corrected chi connectivity index (χ0v) is 15.4. The molecule has 0 spiro atoms. The summed E-state index contributed by atoms with van der Waals surface area (Å²) in [5.74, 6) is 0.645. The number of aromatic nitrogens is 3. The van der Waals surface area contributed by atoms with E-state index in [1.807, 2.05) is 25.1 Å². The van der Waals surface area contributed by atoms with Crippen LogP contribution in [-0.4, -0.2) is 47.7 Å². The third-order valence-electron chi connectivity index (χ3n) is 3.80. The number of benzene rings is 1. The fourth-order valence-corrected chi connectivity index (χ4v) is 3.27. The molecule has 3 aromatic rings. The molecule has 0 saturated heterocycles. The largest absolute Gasteiger partial charge is 0.376 e. The van der Waals surface area contributed by atoms with Crippen molar-refractivity contribution in [2.75, 3.05) is 29.2 Å². The summed E-state index contributed by atoms with van der Waals surface area (Å²) in [7, 11) is -3.36. The molecule has 0 bridgehead atoms. The van der Waals surface area contributed by atoms with E-state index in [0.29, 0.717) is 23.7 Å². The molecule has 0 atom stereocenters. The van der Waals surface area contributed by atoms with E-state index in [1.54, 1.807) is 33.8 Å². The average molecular weight is 375 g/mol. The van der Waals surface area contributed by atoms with Crippen molar-refractivity contribution in [2.45, 2.75) is 13.3 Å². The van der Waals surface area contributed by atoms with Gasteiger partial charge in [0, 0.05) is 17.8 Å². The molecule has 0 aliphatic heterocycles. The van der Waals surface area contributed by atoms with Crippen LogP contribution in [0.3, 0.4) is 0 Å². The molecule has 26 heavy (non-hydrogen) atoms. The summed E-state index contributed by atoms with van der Waals surface area (Å²) in [6.07, 6.45) is 3.68. The van der Waals surface area contributed by atoms with Crippen LogP contribution in [0.4, 0.5) is 11.5 Å². The summed E-state index contributed by atoms with van der Waals surface area (Å²) in [4.78, 5) is 6.12. The molecule has 138 valence electrons. The van der Waals surface area contributed by atoms with E-state index in [0.717, 1.165) is 23.9 Å². The molecule has 0 aliphatic rings. The molecule has 0 radical (unpaired) electrons. The Labute approximate surface area is 152 Å². The summed E-state index contributed by atoms with van der Waals surface area (Å²) in [5.41, 5.74) is 2.65. The molecule has 8 nitrogen and oxygen atoms in total. The fourth-order valence-electron chi connectivity index (χ4n) is 2.71. The van der Waals surface area contributed by atoms with Crippen LogP contribution in [0.25, 0.3) is 16.9 Å². The van der Waals surface area contributed by atoms with E-state index in [-0.39, 0.29) is 6.73 Å². The molecule has 0 unspecified atom stereocenters. The van der Waals surface area contributed by atoms with Crippen molar-refractivity contribution in [3.63, 3.8) is 0 Å². The summed E-state index contributed by atoms with van der Waals surface area (Å²) in [6, 6.07) is 10.7. The predicted octanol–water partition coefficient (Wildman–Crippen LogP) is 1.93. The Morgan fingerprint density at radius 3 is 2.77 bits per heavy atom. The lowest BCUT2D eigenvalue weighted by Gasteiger charge is -2.20. The first kappa shape index (κ1) is 18.2. The molecule has 2 N–H and O–H groups in total. The quantitative estimate of drug-likeness (QED) is 0.612.